The summed E-state index contributed by atoms with van der Waals surface area (Å²) < 4.78 is 0.304. The Morgan fingerprint density at radius 3 is 3.06 bits per heavy atom. The van der Waals surface area contributed by atoms with Crippen LogP contribution in [0.2, 0.25) is 0 Å². The van der Waals surface area contributed by atoms with E-state index in [0.717, 1.165) is 23.5 Å². The first kappa shape index (κ1) is 13.6. The van der Waals surface area contributed by atoms with E-state index in [0.29, 0.717) is 9.74 Å². The number of nitrogens with one attached hydrogen (secondary N) is 1. The topological polar surface area (TPSA) is 50.9 Å². The Balaban J connectivity index is 2.14. The molecule has 1 fully saturated rings. The SMILES string of the molecule is Cc1ccnc(NCC2(C)CCCS2)c1C(N)=S. The Morgan fingerprint density at radius 1 is 1.67 bits per heavy atom. The molecule has 1 aromatic heterocycles. The van der Waals surface area contributed by atoms with Gasteiger partial charge in [0.15, 0.2) is 0 Å². The predicted octanol–water partition coefficient (Wildman–Crippen LogP) is 2.72. The molecule has 1 unspecified atom stereocenters. The van der Waals surface area contributed by atoms with Crippen molar-refractivity contribution in [3.05, 3.63) is 23.4 Å². The smallest absolute Gasteiger partial charge is 0.136 e. The number of nitrogens with zero attached hydrogens (tertiary/aromatic N) is 1. The summed E-state index contributed by atoms with van der Waals surface area (Å²) in [6.45, 7) is 5.21. The average molecular weight is 281 g/mol. The lowest BCUT2D eigenvalue weighted by Crippen LogP contribution is -2.28. The van der Waals surface area contributed by atoms with Crippen molar-refractivity contribution in [2.75, 3.05) is 17.6 Å². The zero-order valence-electron chi connectivity index (χ0n) is 10.8. The number of nitrogens with two attached hydrogens (primary N) is 1. The molecule has 0 aliphatic carbocycles. The fourth-order valence-electron chi connectivity index (χ4n) is 2.25. The first-order chi connectivity index (χ1) is 8.52. The Bertz CT molecular complexity index is 454. The van der Waals surface area contributed by atoms with Crippen LogP contribution in [0, 0.1) is 6.92 Å². The minimum absolute atomic E-state index is 0.304. The molecule has 1 saturated heterocycles. The van der Waals surface area contributed by atoms with Gasteiger partial charge in [-0.3, -0.25) is 0 Å². The van der Waals surface area contributed by atoms with Gasteiger partial charge in [0.25, 0.3) is 0 Å². The van der Waals surface area contributed by atoms with Gasteiger partial charge in [0.2, 0.25) is 0 Å². The Labute approximate surface area is 118 Å². The van der Waals surface area contributed by atoms with Crippen LogP contribution in [0.25, 0.3) is 0 Å². The van der Waals surface area contributed by atoms with Gasteiger partial charge in [-0.15, -0.1) is 0 Å². The monoisotopic (exact) mass is 281 g/mol. The lowest BCUT2D eigenvalue weighted by Gasteiger charge is -2.24. The van der Waals surface area contributed by atoms with Crippen LogP contribution in [0.15, 0.2) is 12.3 Å². The molecule has 1 aliphatic heterocycles. The molecule has 3 N–H and O–H groups in total. The van der Waals surface area contributed by atoms with Crippen LogP contribution in [0.3, 0.4) is 0 Å². The molecule has 98 valence electrons. The van der Waals surface area contributed by atoms with E-state index in [1.165, 1.54) is 18.6 Å². The van der Waals surface area contributed by atoms with Gasteiger partial charge in [0.1, 0.15) is 10.8 Å². The van der Waals surface area contributed by atoms with E-state index < -0.39 is 0 Å². The van der Waals surface area contributed by atoms with E-state index in [-0.39, 0.29) is 0 Å². The standard InChI is InChI=1S/C13H19N3S2/c1-9-4-6-15-12(10(9)11(14)17)16-8-13(2)5-3-7-18-13/h4,6H,3,5,7-8H2,1-2H3,(H2,14,17)(H,15,16). The first-order valence-electron chi connectivity index (χ1n) is 6.15. The fraction of sp³-hybridized carbons (Fsp3) is 0.538. The molecule has 0 aromatic carbocycles. The van der Waals surface area contributed by atoms with Crippen molar-refractivity contribution in [1.29, 1.82) is 0 Å². The largest absolute Gasteiger partial charge is 0.389 e. The molecular weight excluding hydrogens is 262 g/mol. The minimum atomic E-state index is 0.304. The number of anilines is 1. The number of aromatic nitrogens is 1. The quantitative estimate of drug-likeness (QED) is 0.831. The van der Waals surface area contributed by atoms with Crippen LogP contribution in [0.1, 0.15) is 30.9 Å². The molecule has 3 nitrogen and oxygen atoms in total. The molecule has 5 heteroatoms. The van der Waals surface area contributed by atoms with Gasteiger partial charge < -0.3 is 11.1 Å². The maximum absolute atomic E-state index is 5.78. The van der Waals surface area contributed by atoms with Crippen molar-refractivity contribution in [3.63, 3.8) is 0 Å². The normalized spacial score (nSPS) is 23.0. The van der Waals surface area contributed by atoms with Crippen LogP contribution in [0.5, 0.6) is 0 Å². The van der Waals surface area contributed by atoms with E-state index >= 15 is 0 Å². The molecule has 0 saturated carbocycles. The molecule has 1 atom stereocenters. The predicted molar refractivity (Wildman–Crippen MR) is 83.4 cm³/mol. The third kappa shape index (κ3) is 2.95. The maximum atomic E-state index is 5.78. The number of rotatable bonds is 4. The molecular formula is C13H19N3S2. The molecule has 1 aliphatic rings. The number of aryl methyl sites for hydroxylation is 1. The second-order valence-corrected chi connectivity index (χ2v) is 7.09. The molecule has 0 amide bonds. The Kier molecular flexibility index (Phi) is 4.12. The van der Waals surface area contributed by atoms with Crippen molar-refractivity contribution in [2.45, 2.75) is 31.4 Å². The van der Waals surface area contributed by atoms with Crippen LogP contribution in [0.4, 0.5) is 5.82 Å². The molecule has 0 bridgehead atoms. The summed E-state index contributed by atoms with van der Waals surface area (Å²) in [7, 11) is 0. The number of hydrogen-bond donors (Lipinski definition) is 2. The highest BCUT2D eigenvalue weighted by molar-refractivity contribution is 8.00. The maximum Gasteiger partial charge on any atom is 0.136 e. The van der Waals surface area contributed by atoms with Crippen molar-refractivity contribution >= 4 is 34.8 Å². The van der Waals surface area contributed by atoms with E-state index in [2.05, 4.69) is 17.2 Å². The van der Waals surface area contributed by atoms with Gasteiger partial charge in [-0.2, -0.15) is 11.8 Å². The highest BCUT2D eigenvalue weighted by Gasteiger charge is 2.29. The molecule has 0 spiro atoms. The van der Waals surface area contributed by atoms with Crippen molar-refractivity contribution in [2.24, 2.45) is 5.73 Å². The summed E-state index contributed by atoms with van der Waals surface area (Å²) in [5.41, 5.74) is 7.73. The summed E-state index contributed by atoms with van der Waals surface area (Å²) >= 11 is 7.13. The van der Waals surface area contributed by atoms with E-state index in [1.807, 2.05) is 24.8 Å². The summed E-state index contributed by atoms with van der Waals surface area (Å²) in [4.78, 5) is 4.77. The summed E-state index contributed by atoms with van der Waals surface area (Å²) in [5.74, 6) is 2.07. The average Bonchev–Trinajstić information content (AvgIpc) is 2.73. The van der Waals surface area contributed by atoms with Crippen molar-refractivity contribution < 1.29 is 0 Å². The second-order valence-electron chi connectivity index (χ2n) is 4.97. The van der Waals surface area contributed by atoms with Gasteiger partial charge in [-0.25, -0.2) is 4.98 Å². The van der Waals surface area contributed by atoms with Crippen LogP contribution >= 0.6 is 24.0 Å². The number of thiocarbonyl (C=S) groups is 1. The fourth-order valence-corrected chi connectivity index (χ4v) is 3.75. The highest BCUT2D eigenvalue weighted by Crippen LogP contribution is 2.37. The van der Waals surface area contributed by atoms with Crippen LogP contribution in [-0.4, -0.2) is 27.0 Å². The van der Waals surface area contributed by atoms with E-state index in [1.54, 1.807) is 6.20 Å². The van der Waals surface area contributed by atoms with Gasteiger partial charge in [-0.1, -0.05) is 12.2 Å². The molecule has 2 heterocycles. The van der Waals surface area contributed by atoms with Gasteiger partial charge in [0, 0.05) is 17.5 Å². The zero-order chi connectivity index (χ0) is 13.2. The molecule has 18 heavy (non-hydrogen) atoms. The Morgan fingerprint density at radius 2 is 2.44 bits per heavy atom. The van der Waals surface area contributed by atoms with Gasteiger partial charge in [0.05, 0.1) is 5.56 Å². The lowest BCUT2D eigenvalue weighted by molar-refractivity contribution is 0.633. The summed E-state index contributed by atoms with van der Waals surface area (Å²) in [6.07, 6.45) is 4.34. The van der Waals surface area contributed by atoms with Crippen molar-refractivity contribution in [1.82, 2.24) is 4.98 Å². The number of thioether (sulfide) groups is 1. The third-order valence-electron chi connectivity index (χ3n) is 3.34. The molecule has 1 aromatic rings. The third-order valence-corrected chi connectivity index (χ3v) is 5.08. The number of hydrogen-bond acceptors (Lipinski definition) is 4. The number of pyridine rings is 1. The molecule has 2 rings (SSSR count). The molecule has 0 radical (unpaired) electrons. The minimum Gasteiger partial charge on any atom is -0.389 e. The van der Waals surface area contributed by atoms with Gasteiger partial charge >= 0.3 is 0 Å². The van der Waals surface area contributed by atoms with Crippen LogP contribution in [-0.2, 0) is 0 Å². The zero-order valence-corrected chi connectivity index (χ0v) is 12.5. The van der Waals surface area contributed by atoms with Gasteiger partial charge in [-0.05, 0) is 44.1 Å². The van der Waals surface area contributed by atoms with E-state index in [9.17, 15) is 0 Å². The van der Waals surface area contributed by atoms with Crippen molar-refractivity contribution in [3.8, 4) is 0 Å². The van der Waals surface area contributed by atoms with Crippen LogP contribution < -0.4 is 11.1 Å². The highest BCUT2D eigenvalue weighted by atomic mass is 32.2. The first-order valence-corrected chi connectivity index (χ1v) is 7.54. The Hall–Kier alpha value is -0.810. The summed E-state index contributed by atoms with van der Waals surface area (Å²) in [5, 5.41) is 3.42. The van der Waals surface area contributed by atoms with E-state index in [4.69, 9.17) is 18.0 Å². The second kappa shape index (κ2) is 5.45. The summed E-state index contributed by atoms with van der Waals surface area (Å²) in [6, 6.07) is 1.94. The lowest BCUT2D eigenvalue weighted by atomic mass is 10.1.